The number of benzene rings is 2. The van der Waals surface area contributed by atoms with Gasteiger partial charge in [-0.05, 0) is 73.7 Å². The van der Waals surface area contributed by atoms with Crippen LogP contribution in [0.4, 0.5) is 4.39 Å². The summed E-state index contributed by atoms with van der Waals surface area (Å²) >= 11 is 0. The number of furan rings is 1. The summed E-state index contributed by atoms with van der Waals surface area (Å²) in [7, 11) is -3.93. The van der Waals surface area contributed by atoms with Crippen molar-refractivity contribution in [3.05, 3.63) is 89.1 Å². The van der Waals surface area contributed by atoms with Gasteiger partial charge in [0.15, 0.2) is 0 Å². The lowest BCUT2D eigenvalue weighted by Gasteiger charge is -2.29. The van der Waals surface area contributed by atoms with Gasteiger partial charge in [0.1, 0.15) is 17.3 Å². The van der Waals surface area contributed by atoms with Crippen molar-refractivity contribution < 1.29 is 22.0 Å². The van der Waals surface area contributed by atoms with Crippen LogP contribution in [-0.4, -0.2) is 36.1 Å². The maximum atomic E-state index is 13.5. The van der Waals surface area contributed by atoms with Gasteiger partial charge in [-0.15, -0.1) is 0 Å². The van der Waals surface area contributed by atoms with E-state index in [1.165, 1.54) is 21.3 Å². The molecule has 0 saturated carbocycles. The van der Waals surface area contributed by atoms with Crippen LogP contribution >= 0.6 is 0 Å². The van der Waals surface area contributed by atoms with Gasteiger partial charge in [0.2, 0.25) is 15.9 Å². The van der Waals surface area contributed by atoms with E-state index in [1.807, 2.05) is 25.1 Å². The first-order valence-electron chi connectivity index (χ1n) is 12.0. The van der Waals surface area contributed by atoms with E-state index in [0.29, 0.717) is 11.5 Å². The molecule has 36 heavy (non-hydrogen) atoms. The van der Waals surface area contributed by atoms with E-state index >= 15 is 0 Å². The van der Waals surface area contributed by atoms with E-state index in [2.05, 4.69) is 20.8 Å². The average molecular weight is 515 g/mol. The highest BCUT2D eigenvalue weighted by molar-refractivity contribution is 7.89. The zero-order chi connectivity index (χ0) is 26.7. The topological polar surface area (TPSA) is 70.8 Å². The molecular formula is C28H35FN2O4S. The molecular weight excluding hydrogens is 479 g/mol. The van der Waals surface area contributed by atoms with Gasteiger partial charge >= 0.3 is 0 Å². The molecule has 0 radical (unpaired) electrons. The fourth-order valence-corrected chi connectivity index (χ4v) is 5.43. The number of amides is 1. The predicted octanol–water partition coefficient (Wildman–Crippen LogP) is 5.65. The van der Waals surface area contributed by atoms with Gasteiger partial charge in [-0.25, -0.2) is 12.8 Å². The second-order valence-corrected chi connectivity index (χ2v) is 12.2. The molecule has 0 spiro atoms. The molecule has 0 aliphatic rings. The molecule has 0 fully saturated rings. The molecule has 1 amide bonds. The molecule has 0 aliphatic carbocycles. The van der Waals surface area contributed by atoms with Crippen LogP contribution in [0.2, 0.25) is 0 Å². The number of hydrogen-bond acceptors (Lipinski definition) is 4. The summed E-state index contributed by atoms with van der Waals surface area (Å²) in [4.78, 5) is 15.2. The summed E-state index contributed by atoms with van der Waals surface area (Å²) in [5, 5.41) is 0. The van der Waals surface area contributed by atoms with Crippen molar-refractivity contribution in [1.82, 2.24) is 9.21 Å². The molecule has 194 valence electrons. The van der Waals surface area contributed by atoms with E-state index in [1.54, 1.807) is 44.2 Å². The fraction of sp³-hybridized carbons (Fsp3) is 0.393. The van der Waals surface area contributed by atoms with Gasteiger partial charge in [0, 0.05) is 12.6 Å². The predicted molar refractivity (Wildman–Crippen MR) is 138 cm³/mol. The monoisotopic (exact) mass is 514 g/mol. The van der Waals surface area contributed by atoms with Crippen LogP contribution in [0.15, 0.2) is 70.0 Å². The maximum absolute atomic E-state index is 13.5. The third-order valence-electron chi connectivity index (χ3n) is 5.98. The Kier molecular flexibility index (Phi) is 8.41. The van der Waals surface area contributed by atoms with Gasteiger partial charge in [-0.2, -0.15) is 4.31 Å². The maximum Gasteiger partial charge on any atom is 0.243 e. The lowest BCUT2D eigenvalue weighted by molar-refractivity contribution is -0.133. The Bertz CT molecular complexity index is 1270. The molecule has 0 aliphatic heterocycles. The van der Waals surface area contributed by atoms with Gasteiger partial charge < -0.3 is 9.32 Å². The lowest BCUT2D eigenvalue weighted by atomic mass is 9.87. The number of aryl methyl sites for hydroxylation is 1. The van der Waals surface area contributed by atoms with Crippen LogP contribution in [0.3, 0.4) is 0 Å². The minimum Gasteiger partial charge on any atom is -0.464 e. The number of carbonyl (C=O) groups is 1. The molecule has 2 aromatic carbocycles. The second kappa shape index (κ2) is 11.0. The van der Waals surface area contributed by atoms with E-state index < -0.39 is 16.1 Å². The van der Waals surface area contributed by atoms with Crippen molar-refractivity contribution in [3.8, 4) is 0 Å². The second-order valence-electron chi connectivity index (χ2n) is 10.3. The van der Waals surface area contributed by atoms with Crippen LogP contribution in [0.1, 0.15) is 57.3 Å². The number of nitrogens with zero attached hydrogens (tertiary/aromatic N) is 2. The first-order valence-corrected chi connectivity index (χ1v) is 13.4. The Hall–Kier alpha value is -2.97. The molecule has 0 atom stereocenters. The quantitative estimate of drug-likeness (QED) is 0.370. The molecule has 0 saturated heterocycles. The van der Waals surface area contributed by atoms with E-state index in [4.69, 9.17) is 4.42 Å². The molecule has 3 rings (SSSR count). The summed E-state index contributed by atoms with van der Waals surface area (Å²) in [5.74, 6) is 0.550. The number of halogens is 1. The number of sulfonamides is 1. The SMILES string of the molecule is Cc1ccc(CN(Cc2ccc(F)cc2)C(=O)CN(C(C)C)S(=O)(=O)c2ccc(C(C)(C)C)cc2)o1. The van der Waals surface area contributed by atoms with E-state index in [-0.39, 0.29) is 41.7 Å². The molecule has 6 nitrogen and oxygen atoms in total. The van der Waals surface area contributed by atoms with Crippen LogP contribution < -0.4 is 0 Å². The first-order chi connectivity index (χ1) is 16.8. The van der Waals surface area contributed by atoms with Crippen molar-refractivity contribution in [2.45, 2.75) is 71.0 Å². The molecule has 8 heteroatoms. The van der Waals surface area contributed by atoms with Crippen molar-refractivity contribution >= 4 is 15.9 Å². The number of hydrogen-bond donors (Lipinski definition) is 0. The first kappa shape index (κ1) is 27.6. The summed E-state index contributed by atoms with van der Waals surface area (Å²) in [6.07, 6.45) is 0. The van der Waals surface area contributed by atoms with Crippen LogP contribution in [0.25, 0.3) is 0 Å². The Morgan fingerprint density at radius 1 is 0.944 bits per heavy atom. The summed E-state index contributed by atoms with van der Waals surface area (Å²) in [5.41, 5.74) is 1.64. The lowest BCUT2D eigenvalue weighted by Crippen LogP contribution is -2.45. The Balaban J connectivity index is 1.87. The average Bonchev–Trinajstić information content (AvgIpc) is 3.22. The molecule has 3 aromatic rings. The highest BCUT2D eigenvalue weighted by Gasteiger charge is 2.31. The van der Waals surface area contributed by atoms with Crippen LogP contribution in [-0.2, 0) is 33.3 Å². The van der Waals surface area contributed by atoms with Crippen molar-refractivity contribution in [1.29, 1.82) is 0 Å². The summed E-state index contributed by atoms with van der Waals surface area (Å²) in [6.45, 7) is 11.5. The summed E-state index contributed by atoms with van der Waals surface area (Å²) in [6, 6.07) is 15.8. The Morgan fingerprint density at radius 2 is 1.56 bits per heavy atom. The number of rotatable bonds is 9. The van der Waals surface area contributed by atoms with Gasteiger partial charge in [0.05, 0.1) is 18.0 Å². The Morgan fingerprint density at radius 3 is 2.06 bits per heavy atom. The molecule has 0 bridgehead atoms. The minimum atomic E-state index is -3.93. The molecule has 1 aromatic heterocycles. The number of carbonyl (C=O) groups excluding carboxylic acids is 1. The highest BCUT2D eigenvalue weighted by atomic mass is 32.2. The van der Waals surface area contributed by atoms with Gasteiger partial charge in [-0.1, -0.05) is 45.0 Å². The minimum absolute atomic E-state index is 0.110. The van der Waals surface area contributed by atoms with E-state index in [0.717, 1.165) is 11.1 Å². The normalized spacial score (nSPS) is 12.4. The van der Waals surface area contributed by atoms with Crippen LogP contribution in [0, 0.1) is 12.7 Å². The molecule has 0 unspecified atom stereocenters. The van der Waals surface area contributed by atoms with Crippen molar-refractivity contribution in [2.24, 2.45) is 0 Å². The standard InChI is InChI=1S/C28H35FN2O4S/c1-20(2)31(36(33,34)26-15-10-23(11-16-26)28(4,5)6)19-27(32)30(18-25-14-7-21(3)35-25)17-22-8-12-24(29)13-9-22/h7-16,20H,17-19H2,1-6H3. The molecule has 1 heterocycles. The summed E-state index contributed by atoms with van der Waals surface area (Å²) < 4.78 is 47.4. The zero-order valence-corrected chi connectivity index (χ0v) is 22.6. The van der Waals surface area contributed by atoms with Gasteiger partial charge in [0.25, 0.3) is 0 Å². The third kappa shape index (κ3) is 6.83. The van der Waals surface area contributed by atoms with Gasteiger partial charge in [-0.3, -0.25) is 4.79 Å². The van der Waals surface area contributed by atoms with Crippen molar-refractivity contribution in [2.75, 3.05) is 6.54 Å². The van der Waals surface area contributed by atoms with Crippen molar-refractivity contribution in [3.63, 3.8) is 0 Å². The highest BCUT2D eigenvalue weighted by Crippen LogP contribution is 2.26. The third-order valence-corrected chi connectivity index (χ3v) is 8.01. The van der Waals surface area contributed by atoms with Crippen LogP contribution in [0.5, 0.6) is 0 Å². The Labute approximate surface area is 213 Å². The largest absolute Gasteiger partial charge is 0.464 e. The van der Waals surface area contributed by atoms with E-state index in [9.17, 15) is 17.6 Å². The zero-order valence-electron chi connectivity index (χ0n) is 21.8. The fourth-order valence-electron chi connectivity index (χ4n) is 3.84. The smallest absolute Gasteiger partial charge is 0.243 e. The molecule has 0 N–H and O–H groups in total.